The molecule has 0 aromatic heterocycles. The topological polar surface area (TPSA) is 33.0 Å². The normalized spacial score (nSPS) is 17.1. The predicted molar refractivity (Wildman–Crippen MR) is 63.1 cm³/mol. The van der Waals surface area contributed by atoms with Crippen molar-refractivity contribution in [3.63, 3.8) is 0 Å². The van der Waals surface area contributed by atoms with Crippen molar-refractivity contribution >= 4 is 0 Å². The zero-order valence-corrected chi connectivity index (χ0v) is 9.79. The number of ether oxygens (including phenoxy) is 1. The summed E-state index contributed by atoms with van der Waals surface area (Å²) in [5.41, 5.74) is 1.60. The van der Waals surface area contributed by atoms with Crippen molar-refractivity contribution in [2.45, 2.75) is 38.7 Å². The highest BCUT2D eigenvalue weighted by Gasteiger charge is 2.33. The number of rotatable bonds is 2. The molecule has 0 unspecified atom stereocenters. The molecule has 2 rings (SSSR count). The van der Waals surface area contributed by atoms with Gasteiger partial charge in [0.25, 0.3) is 0 Å². The molecule has 0 bridgehead atoms. The van der Waals surface area contributed by atoms with Gasteiger partial charge in [-0.05, 0) is 37.8 Å². The first kappa shape index (κ1) is 11.0. The second-order valence-corrected chi connectivity index (χ2v) is 4.23. The zero-order valence-electron chi connectivity index (χ0n) is 9.79. The molecule has 1 heterocycles. The molecular weight excluding hydrogens is 198 g/mol. The Hall–Kier alpha value is -1.49. The molecule has 0 fully saturated rings. The first-order chi connectivity index (χ1) is 7.74. The van der Waals surface area contributed by atoms with E-state index in [4.69, 9.17) is 10.00 Å². The molecule has 1 aliphatic heterocycles. The van der Waals surface area contributed by atoms with Crippen LogP contribution < -0.4 is 4.74 Å². The van der Waals surface area contributed by atoms with Crippen molar-refractivity contribution in [1.82, 2.24) is 0 Å². The van der Waals surface area contributed by atoms with E-state index in [9.17, 15) is 0 Å². The van der Waals surface area contributed by atoms with Gasteiger partial charge in [0.15, 0.2) is 0 Å². The summed E-state index contributed by atoms with van der Waals surface area (Å²) in [4.78, 5) is 0. The van der Waals surface area contributed by atoms with Gasteiger partial charge in [0.1, 0.15) is 11.4 Å². The Morgan fingerprint density at radius 2 is 2.12 bits per heavy atom. The van der Waals surface area contributed by atoms with Crippen LogP contribution in [0.3, 0.4) is 0 Å². The summed E-state index contributed by atoms with van der Waals surface area (Å²) < 4.78 is 6.08. The van der Waals surface area contributed by atoms with Crippen LogP contribution in [0, 0.1) is 17.8 Å². The molecule has 0 atom stereocenters. The summed E-state index contributed by atoms with van der Waals surface area (Å²) in [6.07, 6.45) is 5.03. The fraction of sp³-hybridized carbons (Fsp3) is 0.429. The molecule has 2 nitrogen and oxygen atoms in total. The van der Waals surface area contributed by atoms with Crippen LogP contribution in [-0.4, -0.2) is 5.60 Å². The Bertz CT molecular complexity index is 427. The monoisotopic (exact) mass is 214 g/mol. The quantitative estimate of drug-likeness (QED) is 0.755. The lowest BCUT2D eigenvalue weighted by molar-refractivity contribution is 0.0508. The second kappa shape index (κ2) is 4.17. The van der Waals surface area contributed by atoms with E-state index in [1.807, 2.05) is 18.2 Å². The Morgan fingerprint density at radius 1 is 1.38 bits per heavy atom. The molecule has 0 saturated heterocycles. The highest BCUT2D eigenvalue weighted by molar-refractivity contribution is 5.52. The lowest BCUT2D eigenvalue weighted by Gasteiger charge is -2.37. The first-order valence-corrected chi connectivity index (χ1v) is 5.80. The molecule has 0 amide bonds. The van der Waals surface area contributed by atoms with Crippen LogP contribution in [0.1, 0.15) is 44.2 Å². The van der Waals surface area contributed by atoms with Crippen molar-refractivity contribution in [2.75, 3.05) is 0 Å². The van der Waals surface area contributed by atoms with Gasteiger partial charge in [-0.25, -0.2) is 0 Å². The molecule has 0 spiro atoms. The molecule has 0 saturated carbocycles. The average molecular weight is 214 g/mol. The molecular formula is C14H16NO. The molecule has 0 N–H and O–H groups in total. The lowest BCUT2D eigenvalue weighted by Crippen LogP contribution is -2.37. The van der Waals surface area contributed by atoms with Gasteiger partial charge in [-0.3, -0.25) is 0 Å². The van der Waals surface area contributed by atoms with Gasteiger partial charge in [-0.15, -0.1) is 0 Å². The van der Waals surface area contributed by atoms with Crippen LogP contribution in [0.25, 0.3) is 0 Å². The average Bonchev–Trinajstić information content (AvgIpc) is 2.37. The molecule has 1 aromatic carbocycles. The Balaban J connectivity index is 2.39. The minimum atomic E-state index is -0.0684. The van der Waals surface area contributed by atoms with E-state index < -0.39 is 0 Å². The Labute approximate surface area is 96.9 Å². The van der Waals surface area contributed by atoms with Gasteiger partial charge in [-0.1, -0.05) is 19.9 Å². The summed E-state index contributed by atoms with van der Waals surface area (Å²) in [5, 5.41) is 9.01. The van der Waals surface area contributed by atoms with E-state index in [1.165, 1.54) is 0 Å². The molecule has 1 aliphatic rings. The van der Waals surface area contributed by atoms with Gasteiger partial charge in [0, 0.05) is 5.56 Å². The van der Waals surface area contributed by atoms with Crippen LogP contribution in [0.4, 0.5) is 0 Å². The third kappa shape index (κ3) is 1.67. The molecule has 2 heteroatoms. The van der Waals surface area contributed by atoms with E-state index in [2.05, 4.69) is 26.3 Å². The summed E-state index contributed by atoms with van der Waals surface area (Å²) in [7, 11) is 0. The molecule has 83 valence electrons. The third-order valence-corrected chi connectivity index (χ3v) is 3.48. The highest BCUT2D eigenvalue weighted by atomic mass is 16.5. The van der Waals surface area contributed by atoms with Crippen molar-refractivity contribution in [3.8, 4) is 11.8 Å². The standard InChI is InChI=1S/C14H16NO/c1-3-14(4-2)9-8-12-11(10-15)6-5-7-13(12)16-14/h5-8H,3-4,9H2,1-2H3. The van der Waals surface area contributed by atoms with Crippen LogP contribution in [0.5, 0.6) is 5.75 Å². The summed E-state index contributed by atoms with van der Waals surface area (Å²) in [6.45, 7) is 4.30. The van der Waals surface area contributed by atoms with Crippen molar-refractivity contribution in [3.05, 3.63) is 35.7 Å². The maximum absolute atomic E-state index is 9.01. The number of fused-ring (bicyclic) bond motifs is 1. The minimum Gasteiger partial charge on any atom is -0.487 e. The van der Waals surface area contributed by atoms with Crippen molar-refractivity contribution in [1.29, 1.82) is 5.26 Å². The molecule has 16 heavy (non-hydrogen) atoms. The molecule has 1 radical (unpaired) electrons. The number of hydrogen-bond acceptors (Lipinski definition) is 2. The van der Waals surface area contributed by atoms with Crippen molar-refractivity contribution < 1.29 is 4.74 Å². The van der Waals surface area contributed by atoms with Gasteiger partial charge in [0.2, 0.25) is 0 Å². The van der Waals surface area contributed by atoms with E-state index in [0.717, 1.165) is 30.6 Å². The maximum atomic E-state index is 9.01. The van der Waals surface area contributed by atoms with Gasteiger partial charge in [-0.2, -0.15) is 5.26 Å². The predicted octanol–water partition coefficient (Wildman–Crippen LogP) is 3.45. The van der Waals surface area contributed by atoms with Crippen LogP contribution in [0.15, 0.2) is 18.2 Å². The van der Waals surface area contributed by atoms with E-state index >= 15 is 0 Å². The van der Waals surface area contributed by atoms with Crippen LogP contribution in [-0.2, 0) is 0 Å². The molecule has 0 aliphatic carbocycles. The van der Waals surface area contributed by atoms with Gasteiger partial charge in [0.05, 0.1) is 11.6 Å². The molecule has 1 aromatic rings. The summed E-state index contributed by atoms with van der Waals surface area (Å²) >= 11 is 0. The van der Waals surface area contributed by atoms with E-state index in [1.54, 1.807) is 0 Å². The first-order valence-electron chi connectivity index (χ1n) is 5.80. The SMILES string of the molecule is CCC1(CC)C[CH]c2c(C#N)cccc2O1. The van der Waals surface area contributed by atoms with E-state index in [0.29, 0.717) is 5.56 Å². The van der Waals surface area contributed by atoms with E-state index in [-0.39, 0.29) is 5.60 Å². The van der Waals surface area contributed by atoms with Gasteiger partial charge < -0.3 is 4.74 Å². The number of benzene rings is 1. The number of nitriles is 1. The zero-order chi connectivity index (χ0) is 11.6. The van der Waals surface area contributed by atoms with Crippen molar-refractivity contribution in [2.24, 2.45) is 0 Å². The number of hydrogen-bond donors (Lipinski definition) is 0. The fourth-order valence-corrected chi connectivity index (χ4v) is 2.19. The fourth-order valence-electron chi connectivity index (χ4n) is 2.19. The summed E-state index contributed by atoms with van der Waals surface area (Å²) in [5.74, 6) is 0.856. The number of nitrogens with zero attached hydrogens (tertiary/aromatic N) is 1. The highest BCUT2D eigenvalue weighted by Crippen LogP contribution is 2.39. The Kier molecular flexibility index (Phi) is 2.87. The largest absolute Gasteiger partial charge is 0.487 e. The smallest absolute Gasteiger partial charge is 0.124 e. The third-order valence-electron chi connectivity index (χ3n) is 3.48. The second-order valence-electron chi connectivity index (χ2n) is 4.23. The minimum absolute atomic E-state index is 0.0684. The summed E-state index contributed by atoms with van der Waals surface area (Å²) in [6, 6.07) is 7.88. The van der Waals surface area contributed by atoms with Gasteiger partial charge >= 0.3 is 0 Å². The lowest BCUT2D eigenvalue weighted by atomic mass is 9.85. The van der Waals surface area contributed by atoms with Crippen LogP contribution >= 0.6 is 0 Å². The Morgan fingerprint density at radius 3 is 2.75 bits per heavy atom. The van der Waals surface area contributed by atoms with Crippen LogP contribution in [0.2, 0.25) is 0 Å². The maximum Gasteiger partial charge on any atom is 0.124 e.